The van der Waals surface area contributed by atoms with Gasteiger partial charge in [0.25, 0.3) is 0 Å². The van der Waals surface area contributed by atoms with Gasteiger partial charge < -0.3 is 15.7 Å². The van der Waals surface area contributed by atoms with Gasteiger partial charge in [0.2, 0.25) is 6.41 Å². The maximum Gasteiger partial charge on any atom is 0.209 e. The van der Waals surface area contributed by atoms with Crippen molar-refractivity contribution < 1.29 is 9.90 Å². The van der Waals surface area contributed by atoms with Crippen molar-refractivity contribution in [3.63, 3.8) is 0 Å². The number of amides is 1. The minimum absolute atomic E-state index is 0. The van der Waals surface area contributed by atoms with Crippen LogP contribution in [0.5, 0.6) is 0 Å². The molecule has 0 bridgehead atoms. The number of β-amino-alcohol motifs (C(OH)–C–C–N with tert-alkyl or cyclic N) is 1. The Kier molecular flexibility index (Phi) is 4.40. The highest BCUT2D eigenvalue weighted by molar-refractivity contribution is 5.85. The van der Waals surface area contributed by atoms with Crippen LogP contribution in [-0.2, 0) is 4.79 Å². The highest BCUT2D eigenvalue weighted by Crippen LogP contribution is 2.06. The van der Waals surface area contributed by atoms with Gasteiger partial charge in [-0.3, -0.25) is 4.79 Å². The highest BCUT2D eigenvalue weighted by atomic mass is 35.5. The molecule has 2 atom stereocenters. The van der Waals surface area contributed by atoms with Gasteiger partial charge in [-0.15, -0.1) is 12.4 Å². The van der Waals surface area contributed by atoms with Crippen LogP contribution >= 0.6 is 12.4 Å². The number of carbonyl (C=O) groups is 1. The Balaban J connectivity index is 0.000001000. The lowest BCUT2D eigenvalue weighted by molar-refractivity contribution is -0.121. The summed E-state index contributed by atoms with van der Waals surface area (Å²) < 4.78 is 0. The number of likely N-dealkylation sites (tertiary alicyclic amines) is 1. The molecule has 0 radical (unpaired) electrons. The standard InChI is InChI=1S/C6H12N2O2.ClH/c7-5-1-6(10)3-8(2-5)4-9;/h4-6,10H,1-3,7H2;1H/t5-,6-;/m1./s1. The fourth-order valence-corrected chi connectivity index (χ4v) is 1.23. The largest absolute Gasteiger partial charge is 0.391 e. The molecule has 0 saturated carbocycles. The monoisotopic (exact) mass is 180 g/mol. The lowest BCUT2D eigenvalue weighted by Gasteiger charge is -2.30. The second kappa shape index (κ2) is 4.54. The molecule has 0 aromatic carbocycles. The smallest absolute Gasteiger partial charge is 0.209 e. The molecule has 5 heteroatoms. The fourth-order valence-electron chi connectivity index (χ4n) is 1.23. The van der Waals surface area contributed by atoms with Gasteiger partial charge in [-0.25, -0.2) is 0 Å². The van der Waals surface area contributed by atoms with Gasteiger partial charge in [0.1, 0.15) is 0 Å². The van der Waals surface area contributed by atoms with Gasteiger partial charge >= 0.3 is 0 Å². The molecule has 0 aromatic rings. The second-order valence-corrected chi connectivity index (χ2v) is 2.71. The first-order chi connectivity index (χ1) is 4.72. The van der Waals surface area contributed by atoms with E-state index in [0.717, 1.165) is 6.41 Å². The second-order valence-electron chi connectivity index (χ2n) is 2.71. The molecule has 11 heavy (non-hydrogen) atoms. The van der Waals surface area contributed by atoms with E-state index >= 15 is 0 Å². The van der Waals surface area contributed by atoms with Crippen LogP contribution in [0.3, 0.4) is 0 Å². The number of piperidine rings is 1. The molecule has 1 heterocycles. The van der Waals surface area contributed by atoms with Crippen molar-refractivity contribution in [1.29, 1.82) is 0 Å². The lowest BCUT2D eigenvalue weighted by Crippen LogP contribution is -2.48. The first-order valence-corrected chi connectivity index (χ1v) is 3.35. The van der Waals surface area contributed by atoms with Crippen LogP contribution in [0.25, 0.3) is 0 Å². The minimum atomic E-state index is -0.436. The van der Waals surface area contributed by atoms with E-state index in [9.17, 15) is 4.79 Å². The first kappa shape index (κ1) is 10.7. The summed E-state index contributed by atoms with van der Waals surface area (Å²) in [4.78, 5) is 11.7. The molecule has 66 valence electrons. The van der Waals surface area contributed by atoms with Crippen LogP contribution in [0.1, 0.15) is 6.42 Å². The average molecular weight is 181 g/mol. The number of hydrogen-bond donors (Lipinski definition) is 2. The van der Waals surface area contributed by atoms with Crippen LogP contribution in [0.2, 0.25) is 0 Å². The number of hydrogen-bond acceptors (Lipinski definition) is 3. The summed E-state index contributed by atoms with van der Waals surface area (Å²) in [6.07, 6.45) is 0.890. The third-order valence-electron chi connectivity index (χ3n) is 1.64. The molecule has 0 aromatic heterocycles. The van der Waals surface area contributed by atoms with E-state index in [-0.39, 0.29) is 18.4 Å². The quantitative estimate of drug-likeness (QED) is 0.507. The Morgan fingerprint density at radius 3 is 2.64 bits per heavy atom. The van der Waals surface area contributed by atoms with Crippen LogP contribution in [0.15, 0.2) is 0 Å². The van der Waals surface area contributed by atoms with Crippen molar-refractivity contribution in [2.45, 2.75) is 18.6 Å². The van der Waals surface area contributed by atoms with Crippen molar-refractivity contribution in [3.05, 3.63) is 0 Å². The van der Waals surface area contributed by atoms with Crippen LogP contribution in [-0.4, -0.2) is 41.7 Å². The molecule has 0 aliphatic carbocycles. The number of halogens is 1. The molecule has 1 fully saturated rings. The van der Waals surface area contributed by atoms with Gasteiger partial charge in [0.15, 0.2) is 0 Å². The van der Waals surface area contributed by atoms with Crippen molar-refractivity contribution >= 4 is 18.8 Å². The van der Waals surface area contributed by atoms with E-state index in [1.165, 1.54) is 4.90 Å². The summed E-state index contributed by atoms with van der Waals surface area (Å²) in [6.45, 7) is 0.998. The number of nitrogens with zero attached hydrogens (tertiary/aromatic N) is 1. The summed E-state index contributed by atoms with van der Waals surface area (Å²) >= 11 is 0. The van der Waals surface area contributed by atoms with Gasteiger partial charge in [0.05, 0.1) is 6.10 Å². The number of rotatable bonds is 1. The van der Waals surface area contributed by atoms with Gasteiger partial charge in [-0.2, -0.15) is 0 Å². The molecule has 3 N–H and O–H groups in total. The average Bonchev–Trinajstić information content (AvgIpc) is 1.85. The molecule has 1 saturated heterocycles. The summed E-state index contributed by atoms with van der Waals surface area (Å²) in [5, 5.41) is 9.10. The molecule has 1 rings (SSSR count). The molecule has 0 spiro atoms. The van der Waals surface area contributed by atoms with E-state index in [1.807, 2.05) is 0 Å². The van der Waals surface area contributed by atoms with E-state index in [1.54, 1.807) is 0 Å². The molecule has 1 amide bonds. The molecule has 1 aliphatic heterocycles. The minimum Gasteiger partial charge on any atom is -0.391 e. The van der Waals surface area contributed by atoms with Crippen molar-refractivity contribution in [2.75, 3.05) is 13.1 Å². The number of aliphatic hydroxyl groups excluding tert-OH is 1. The van der Waals surface area contributed by atoms with E-state index in [2.05, 4.69) is 0 Å². The Morgan fingerprint density at radius 2 is 2.18 bits per heavy atom. The van der Waals surface area contributed by atoms with Gasteiger partial charge in [-0.1, -0.05) is 0 Å². The summed E-state index contributed by atoms with van der Waals surface area (Å²) in [5.74, 6) is 0. The Hall–Kier alpha value is -0.320. The third kappa shape index (κ3) is 3.05. The van der Waals surface area contributed by atoms with Crippen molar-refractivity contribution in [2.24, 2.45) is 5.73 Å². The number of nitrogens with two attached hydrogens (primary N) is 1. The molecule has 1 aliphatic rings. The molecular weight excluding hydrogens is 168 g/mol. The highest BCUT2D eigenvalue weighted by Gasteiger charge is 2.21. The Bertz CT molecular complexity index is 124. The zero-order valence-electron chi connectivity index (χ0n) is 6.14. The lowest BCUT2D eigenvalue weighted by atomic mass is 10.1. The van der Waals surface area contributed by atoms with Crippen molar-refractivity contribution in [1.82, 2.24) is 4.90 Å². The predicted molar refractivity (Wildman–Crippen MR) is 43.5 cm³/mol. The Labute approximate surface area is 71.8 Å². The van der Waals surface area contributed by atoms with E-state index < -0.39 is 6.10 Å². The van der Waals surface area contributed by atoms with Gasteiger partial charge in [-0.05, 0) is 6.42 Å². The topological polar surface area (TPSA) is 66.6 Å². The summed E-state index contributed by atoms with van der Waals surface area (Å²) in [6, 6.07) is -0.0612. The fraction of sp³-hybridized carbons (Fsp3) is 0.833. The van der Waals surface area contributed by atoms with Crippen LogP contribution in [0.4, 0.5) is 0 Å². The molecule has 0 unspecified atom stereocenters. The van der Waals surface area contributed by atoms with Crippen LogP contribution in [0, 0.1) is 0 Å². The van der Waals surface area contributed by atoms with Gasteiger partial charge in [0, 0.05) is 19.1 Å². The number of carbonyl (C=O) groups excluding carboxylic acids is 1. The van der Waals surface area contributed by atoms with E-state index in [0.29, 0.717) is 19.5 Å². The summed E-state index contributed by atoms with van der Waals surface area (Å²) in [5.41, 5.74) is 5.53. The zero-order chi connectivity index (χ0) is 7.56. The maximum atomic E-state index is 10.2. The Morgan fingerprint density at radius 1 is 1.55 bits per heavy atom. The first-order valence-electron chi connectivity index (χ1n) is 3.35. The normalized spacial score (nSPS) is 30.9. The zero-order valence-corrected chi connectivity index (χ0v) is 6.96. The predicted octanol–water partition coefficient (Wildman–Crippen LogP) is -1.04. The van der Waals surface area contributed by atoms with Crippen LogP contribution < -0.4 is 5.73 Å². The SMILES string of the molecule is Cl.N[C@@H]1C[C@@H](O)CN(C=O)C1. The maximum absolute atomic E-state index is 10.2. The van der Waals surface area contributed by atoms with E-state index in [4.69, 9.17) is 10.8 Å². The third-order valence-corrected chi connectivity index (χ3v) is 1.64. The summed E-state index contributed by atoms with van der Waals surface area (Å²) in [7, 11) is 0. The number of aliphatic hydroxyl groups is 1. The molecular formula is C6H13ClN2O2. The van der Waals surface area contributed by atoms with Crippen molar-refractivity contribution in [3.8, 4) is 0 Å². The molecule has 4 nitrogen and oxygen atoms in total.